The molecule has 0 saturated heterocycles. The first-order chi connectivity index (χ1) is 9.60. The third-order valence-corrected chi connectivity index (χ3v) is 2.93. The van der Waals surface area contributed by atoms with Crippen molar-refractivity contribution in [2.45, 2.75) is 19.8 Å². The number of hydrogen-bond donors (Lipinski definition) is 2. The van der Waals surface area contributed by atoms with Crippen molar-refractivity contribution in [2.24, 2.45) is 0 Å². The van der Waals surface area contributed by atoms with Gasteiger partial charge in [0.25, 0.3) is 0 Å². The van der Waals surface area contributed by atoms with E-state index in [2.05, 4.69) is 6.92 Å². The summed E-state index contributed by atoms with van der Waals surface area (Å²) in [4.78, 5) is 11.1. The molecule has 0 heterocycles. The summed E-state index contributed by atoms with van der Waals surface area (Å²) in [5.41, 5.74) is 7.46. The van der Waals surface area contributed by atoms with Crippen molar-refractivity contribution in [2.75, 3.05) is 5.73 Å². The van der Waals surface area contributed by atoms with E-state index in [0.717, 1.165) is 12.8 Å². The van der Waals surface area contributed by atoms with Crippen LogP contribution in [0, 0.1) is 0 Å². The molecule has 0 fully saturated rings. The minimum absolute atomic E-state index is 0.0943. The Morgan fingerprint density at radius 1 is 1.20 bits per heavy atom. The smallest absolute Gasteiger partial charge is 0.339 e. The van der Waals surface area contributed by atoms with Crippen LogP contribution < -0.4 is 10.5 Å². The molecule has 0 aromatic heterocycles. The number of carbonyl (C=O) groups is 1. The van der Waals surface area contributed by atoms with E-state index in [-0.39, 0.29) is 11.3 Å². The van der Waals surface area contributed by atoms with Gasteiger partial charge in [0.2, 0.25) is 0 Å². The van der Waals surface area contributed by atoms with Gasteiger partial charge in [0.1, 0.15) is 17.1 Å². The van der Waals surface area contributed by atoms with Gasteiger partial charge in [-0.2, -0.15) is 0 Å². The molecule has 0 atom stereocenters. The van der Waals surface area contributed by atoms with Gasteiger partial charge < -0.3 is 15.6 Å². The van der Waals surface area contributed by atoms with Gasteiger partial charge in [0.05, 0.1) is 0 Å². The molecule has 3 N–H and O–H groups in total. The standard InChI is InChI=1S/C16H17NO3/c1-2-3-11-4-7-13(8-5-11)20-15-10-12(17)6-9-14(15)16(18)19/h4-10H,2-3,17H2,1H3,(H,18,19). The quantitative estimate of drug-likeness (QED) is 0.813. The molecule has 0 bridgehead atoms. The fourth-order valence-corrected chi connectivity index (χ4v) is 1.94. The first-order valence-electron chi connectivity index (χ1n) is 6.49. The summed E-state index contributed by atoms with van der Waals surface area (Å²) in [5.74, 6) is -0.193. The molecular weight excluding hydrogens is 254 g/mol. The van der Waals surface area contributed by atoms with Gasteiger partial charge in [-0.15, -0.1) is 0 Å². The number of ether oxygens (including phenoxy) is 1. The number of rotatable bonds is 5. The van der Waals surface area contributed by atoms with Crippen LogP contribution in [0.4, 0.5) is 5.69 Å². The Kier molecular flexibility index (Phi) is 4.25. The third kappa shape index (κ3) is 3.29. The van der Waals surface area contributed by atoms with Gasteiger partial charge in [-0.25, -0.2) is 4.79 Å². The summed E-state index contributed by atoms with van der Waals surface area (Å²) >= 11 is 0. The van der Waals surface area contributed by atoms with Gasteiger partial charge >= 0.3 is 5.97 Å². The predicted octanol–water partition coefficient (Wildman–Crippen LogP) is 3.71. The topological polar surface area (TPSA) is 72.5 Å². The molecule has 2 rings (SSSR count). The molecule has 20 heavy (non-hydrogen) atoms. The zero-order valence-corrected chi connectivity index (χ0v) is 11.3. The van der Waals surface area contributed by atoms with Crippen LogP contribution >= 0.6 is 0 Å². The summed E-state index contributed by atoms with van der Waals surface area (Å²) in [6.45, 7) is 2.12. The number of nitrogen functional groups attached to an aromatic ring is 1. The Morgan fingerprint density at radius 2 is 1.90 bits per heavy atom. The monoisotopic (exact) mass is 271 g/mol. The third-order valence-electron chi connectivity index (χ3n) is 2.93. The lowest BCUT2D eigenvalue weighted by Crippen LogP contribution is -2.01. The summed E-state index contributed by atoms with van der Waals surface area (Å²) in [5, 5.41) is 9.13. The van der Waals surface area contributed by atoms with Gasteiger partial charge in [-0.05, 0) is 36.2 Å². The fourth-order valence-electron chi connectivity index (χ4n) is 1.94. The second-order valence-electron chi connectivity index (χ2n) is 4.56. The Balaban J connectivity index is 2.25. The van der Waals surface area contributed by atoms with Gasteiger partial charge in [0.15, 0.2) is 0 Å². The fraction of sp³-hybridized carbons (Fsp3) is 0.188. The van der Waals surface area contributed by atoms with Crippen LogP contribution in [-0.2, 0) is 6.42 Å². The van der Waals surface area contributed by atoms with Crippen molar-refractivity contribution in [3.8, 4) is 11.5 Å². The summed E-state index contributed by atoms with van der Waals surface area (Å²) < 4.78 is 5.62. The zero-order valence-electron chi connectivity index (χ0n) is 11.3. The van der Waals surface area contributed by atoms with Crippen molar-refractivity contribution < 1.29 is 14.6 Å². The molecule has 0 amide bonds. The van der Waals surface area contributed by atoms with Crippen LogP contribution in [0.15, 0.2) is 42.5 Å². The van der Waals surface area contributed by atoms with E-state index in [0.29, 0.717) is 11.4 Å². The number of carboxylic acid groups (broad SMARTS) is 1. The summed E-state index contributed by atoms with van der Waals surface area (Å²) in [6, 6.07) is 12.1. The number of aromatic carboxylic acids is 1. The van der Waals surface area contributed by atoms with Gasteiger partial charge in [0, 0.05) is 11.8 Å². The van der Waals surface area contributed by atoms with Crippen molar-refractivity contribution in [3.05, 3.63) is 53.6 Å². The van der Waals surface area contributed by atoms with Crippen LogP contribution in [0.5, 0.6) is 11.5 Å². The highest BCUT2D eigenvalue weighted by atomic mass is 16.5. The molecule has 0 radical (unpaired) electrons. The molecule has 0 aliphatic carbocycles. The SMILES string of the molecule is CCCc1ccc(Oc2cc(N)ccc2C(=O)O)cc1. The molecule has 2 aromatic rings. The zero-order chi connectivity index (χ0) is 14.5. The summed E-state index contributed by atoms with van der Waals surface area (Å²) in [6.07, 6.45) is 2.09. The molecule has 4 nitrogen and oxygen atoms in total. The normalized spacial score (nSPS) is 10.2. The minimum Gasteiger partial charge on any atom is -0.478 e. The van der Waals surface area contributed by atoms with E-state index in [9.17, 15) is 4.79 Å². The van der Waals surface area contributed by atoms with Gasteiger partial charge in [-0.3, -0.25) is 0 Å². The lowest BCUT2D eigenvalue weighted by molar-refractivity contribution is 0.0694. The number of aryl methyl sites for hydroxylation is 1. The van der Waals surface area contributed by atoms with Crippen molar-refractivity contribution in [1.82, 2.24) is 0 Å². The molecule has 0 saturated carbocycles. The van der Waals surface area contributed by atoms with Crippen LogP contribution in [0.2, 0.25) is 0 Å². The molecule has 0 aliphatic heterocycles. The molecule has 4 heteroatoms. The lowest BCUT2D eigenvalue weighted by Gasteiger charge is -2.10. The Bertz CT molecular complexity index is 606. The highest BCUT2D eigenvalue weighted by Gasteiger charge is 2.12. The van der Waals surface area contributed by atoms with Crippen LogP contribution in [-0.4, -0.2) is 11.1 Å². The number of anilines is 1. The van der Waals surface area contributed by atoms with Crippen LogP contribution in [0.1, 0.15) is 29.3 Å². The first kappa shape index (κ1) is 13.9. The second kappa shape index (κ2) is 6.10. The summed E-state index contributed by atoms with van der Waals surface area (Å²) in [7, 11) is 0. The maximum atomic E-state index is 11.1. The van der Waals surface area contributed by atoms with E-state index in [1.165, 1.54) is 17.7 Å². The van der Waals surface area contributed by atoms with E-state index in [1.807, 2.05) is 24.3 Å². The van der Waals surface area contributed by atoms with E-state index >= 15 is 0 Å². The molecule has 0 spiro atoms. The molecule has 2 aromatic carbocycles. The van der Waals surface area contributed by atoms with E-state index in [4.69, 9.17) is 15.6 Å². The highest BCUT2D eigenvalue weighted by Crippen LogP contribution is 2.28. The van der Waals surface area contributed by atoms with E-state index < -0.39 is 5.97 Å². The predicted molar refractivity (Wildman–Crippen MR) is 78.3 cm³/mol. The average molecular weight is 271 g/mol. The van der Waals surface area contributed by atoms with Crippen molar-refractivity contribution in [1.29, 1.82) is 0 Å². The van der Waals surface area contributed by atoms with Crippen LogP contribution in [0.3, 0.4) is 0 Å². The highest BCUT2D eigenvalue weighted by molar-refractivity contribution is 5.91. The first-order valence-corrected chi connectivity index (χ1v) is 6.49. The van der Waals surface area contributed by atoms with Crippen LogP contribution in [0.25, 0.3) is 0 Å². The Hall–Kier alpha value is -2.49. The van der Waals surface area contributed by atoms with Crippen molar-refractivity contribution >= 4 is 11.7 Å². The lowest BCUT2D eigenvalue weighted by atomic mass is 10.1. The average Bonchev–Trinajstić information content (AvgIpc) is 2.41. The van der Waals surface area contributed by atoms with Gasteiger partial charge in [-0.1, -0.05) is 25.5 Å². The molecule has 104 valence electrons. The van der Waals surface area contributed by atoms with E-state index in [1.54, 1.807) is 6.07 Å². The molecule has 0 aliphatic rings. The largest absolute Gasteiger partial charge is 0.478 e. The molecular formula is C16H17NO3. The maximum Gasteiger partial charge on any atom is 0.339 e. The Morgan fingerprint density at radius 3 is 2.50 bits per heavy atom. The van der Waals surface area contributed by atoms with Crippen molar-refractivity contribution in [3.63, 3.8) is 0 Å². The number of benzene rings is 2. The maximum absolute atomic E-state index is 11.1. The number of nitrogens with two attached hydrogens (primary N) is 1. The minimum atomic E-state index is -1.04. The second-order valence-corrected chi connectivity index (χ2v) is 4.56. The number of carboxylic acids is 1. The Labute approximate surface area is 117 Å². The molecule has 0 unspecified atom stereocenters. The number of hydrogen-bond acceptors (Lipinski definition) is 3.